The third-order valence-corrected chi connectivity index (χ3v) is 3.48. The molecule has 0 heterocycles. The Hall–Kier alpha value is -3.22. The summed E-state index contributed by atoms with van der Waals surface area (Å²) in [7, 11) is 0. The Morgan fingerprint density at radius 3 is 2.69 bits per heavy atom. The predicted octanol–water partition coefficient (Wildman–Crippen LogP) is 2.95. The molecule has 0 aliphatic heterocycles. The van der Waals surface area contributed by atoms with Crippen LogP contribution < -0.4 is 15.5 Å². The van der Waals surface area contributed by atoms with Gasteiger partial charge in [-0.3, -0.25) is 9.59 Å². The van der Waals surface area contributed by atoms with Crippen molar-refractivity contribution < 1.29 is 18.7 Å². The number of hydrazone groups is 1. The summed E-state index contributed by atoms with van der Waals surface area (Å²) in [5.41, 5.74) is 3.06. The van der Waals surface area contributed by atoms with Crippen LogP contribution in [0.3, 0.4) is 0 Å². The number of carbonyl (C=O) groups is 2. The number of nitrogens with zero attached hydrogens (tertiary/aromatic N) is 1. The first kappa shape index (κ1) is 19.1. The van der Waals surface area contributed by atoms with Crippen LogP contribution in [0, 0.1) is 11.7 Å². The number of nitrogens with one attached hydrogen (secondary N) is 2. The number of anilines is 1. The van der Waals surface area contributed by atoms with E-state index in [9.17, 15) is 14.0 Å². The van der Waals surface area contributed by atoms with Crippen molar-refractivity contribution in [3.63, 3.8) is 0 Å². The molecule has 7 heteroatoms. The second kappa shape index (κ2) is 9.31. The molecule has 6 nitrogen and oxygen atoms in total. The van der Waals surface area contributed by atoms with Gasteiger partial charge < -0.3 is 10.1 Å². The van der Waals surface area contributed by atoms with Crippen LogP contribution in [-0.4, -0.2) is 24.6 Å². The Bertz CT molecular complexity index is 808. The van der Waals surface area contributed by atoms with Gasteiger partial charge in [0.2, 0.25) is 5.91 Å². The molecule has 2 rings (SSSR count). The van der Waals surface area contributed by atoms with Gasteiger partial charge in [-0.05, 0) is 43.7 Å². The summed E-state index contributed by atoms with van der Waals surface area (Å²) >= 11 is 0. The fraction of sp³-hybridized carbons (Fsp3) is 0.211. The molecule has 26 heavy (non-hydrogen) atoms. The first-order chi connectivity index (χ1) is 12.5. The van der Waals surface area contributed by atoms with Crippen molar-refractivity contribution >= 4 is 23.7 Å². The summed E-state index contributed by atoms with van der Waals surface area (Å²) < 4.78 is 18.9. The molecule has 136 valence electrons. The van der Waals surface area contributed by atoms with E-state index >= 15 is 0 Å². The largest absolute Gasteiger partial charge is 0.494 e. The highest BCUT2D eigenvalue weighted by molar-refractivity contribution is 6.06. The molecular weight excluding hydrogens is 337 g/mol. The zero-order valence-corrected chi connectivity index (χ0v) is 14.5. The van der Waals surface area contributed by atoms with Crippen LogP contribution in [0.25, 0.3) is 0 Å². The minimum absolute atomic E-state index is 0.0217. The average molecular weight is 357 g/mol. The van der Waals surface area contributed by atoms with Gasteiger partial charge in [0.15, 0.2) is 0 Å². The smallest absolute Gasteiger partial charge is 0.252 e. The van der Waals surface area contributed by atoms with Crippen LogP contribution in [0.15, 0.2) is 53.6 Å². The van der Waals surface area contributed by atoms with Gasteiger partial charge in [0.25, 0.3) is 5.91 Å². The van der Waals surface area contributed by atoms with Crippen LogP contribution in [0.1, 0.15) is 19.4 Å². The van der Waals surface area contributed by atoms with Crippen LogP contribution in [0.4, 0.5) is 10.1 Å². The summed E-state index contributed by atoms with van der Waals surface area (Å²) in [6.07, 6.45) is 1.45. The standard InChI is InChI=1S/C19H20FN3O3/c1-3-26-15-8-6-7-14(11-15)12-21-23-19(25)13(2)18(24)22-17-10-5-4-9-16(17)20/h4-13H,3H2,1-2H3,(H,22,24)(H,23,25). The van der Waals surface area contributed by atoms with Crippen molar-refractivity contribution in [1.29, 1.82) is 0 Å². The van der Waals surface area contributed by atoms with Crippen molar-refractivity contribution in [3.8, 4) is 5.75 Å². The van der Waals surface area contributed by atoms with Gasteiger partial charge in [-0.25, -0.2) is 9.82 Å². The highest BCUT2D eigenvalue weighted by atomic mass is 19.1. The number of hydrogen-bond donors (Lipinski definition) is 2. The van der Waals surface area contributed by atoms with Crippen LogP contribution >= 0.6 is 0 Å². The van der Waals surface area contributed by atoms with Crippen molar-refractivity contribution in [2.75, 3.05) is 11.9 Å². The molecule has 0 aliphatic rings. The van der Waals surface area contributed by atoms with Gasteiger partial charge in [0.05, 0.1) is 18.5 Å². The van der Waals surface area contributed by atoms with Crippen LogP contribution in [0.5, 0.6) is 5.75 Å². The van der Waals surface area contributed by atoms with Gasteiger partial charge >= 0.3 is 0 Å². The molecule has 0 bridgehead atoms. The molecule has 0 saturated heterocycles. The first-order valence-electron chi connectivity index (χ1n) is 8.12. The number of carbonyl (C=O) groups excluding carboxylic acids is 2. The molecule has 2 aromatic carbocycles. The molecule has 0 fully saturated rings. The quantitative estimate of drug-likeness (QED) is 0.454. The number of ether oxygens (including phenoxy) is 1. The normalized spacial score (nSPS) is 11.8. The van der Waals surface area contributed by atoms with Gasteiger partial charge in [-0.2, -0.15) is 5.10 Å². The van der Waals surface area contributed by atoms with E-state index in [1.165, 1.54) is 31.3 Å². The Balaban J connectivity index is 1.91. The zero-order valence-electron chi connectivity index (χ0n) is 14.5. The van der Waals surface area contributed by atoms with Gasteiger partial charge in [-0.1, -0.05) is 24.3 Å². The van der Waals surface area contributed by atoms with Crippen molar-refractivity contribution in [1.82, 2.24) is 5.43 Å². The number of amides is 2. The molecule has 0 saturated carbocycles. The highest BCUT2D eigenvalue weighted by Crippen LogP contribution is 2.14. The summed E-state index contributed by atoms with van der Waals surface area (Å²) in [5, 5.41) is 6.21. The van der Waals surface area contributed by atoms with Crippen molar-refractivity contribution in [2.45, 2.75) is 13.8 Å². The lowest BCUT2D eigenvalue weighted by molar-refractivity contribution is -0.131. The Labute approximate surface area is 151 Å². The zero-order chi connectivity index (χ0) is 18.9. The molecule has 0 aromatic heterocycles. The van der Waals surface area contributed by atoms with E-state index < -0.39 is 23.5 Å². The number of benzene rings is 2. The van der Waals surface area contributed by atoms with E-state index in [0.717, 1.165) is 5.56 Å². The molecule has 1 atom stereocenters. The highest BCUT2D eigenvalue weighted by Gasteiger charge is 2.22. The van der Waals surface area contributed by atoms with Gasteiger partial charge in [0.1, 0.15) is 17.5 Å². The van der Waals surface area contributed by atoms with E-state index in [4.69, 9.17) is 4.74 Å². The number of halogens is 1. The number of para-hydroxylation sites is 1. The maximum absolute atomic E-state index is 13.5. The first-order valence-corrected chi connectivity index (χ1v) is 8.12. The molecule has 2 N–H and O–H groups in total. The van der Waals surface area contributed by atoms with Crippen molar-refractivity contribution in [3.05, 3.63) is 59.9 Å². The second-order valence-electron chi connectivity index (χ2n) is 5.43. The Kier molecular flexibility index (Phi) is 6.84. The van der Waals surface area contributed by atoms with E-state index in [1.807, 2.05) is 13.0 Å². The van der Waals surface area contributed by atoms with E-state index in [2.05, 4.69) is 15.8 Å². The molecule has 0 radical (unpaired) electrons. The SMILES string of the molecule is CCOc1cccc(C=NNC(=O)C(C)C(=O)Nc2ccccc2F)c1. The Morgan fingerprint density at radius 2 is 1.96 bits per heavy atom. The predicted molar refractivity (Wildman–Crippen MR) is 97.5 cm³/mol. The molecule has 2 aromatic rings. The van der Waals surface area contributed by atoms with Crippen LogP contribution in [0.2, 0.25) is 0 Å². The van der Waals surface area contributed by atoms with E-state index in [0.29, 0.717) is 12.4 Å². The maximum Gasteiger partial charge on any atom is 0.252 e. The lowest BCUT2D eigenvalue weighted by Gasteiger charge is -2.11. The average Bonchev–Trinajstić information content (AvgIpc) is 2.63. The van der Waals surface area contributed by atoms with Crippen molar-refractivity contribution in [2.24, 2.45) is 11.0 Å². The van der Waals surface area contributed by atoms with Gasteiger partial charge in [0, 0.05) is 0 Å². The minimum atomic E-state index is -1.04. The topological polar surface area (TPSA) is 79.8 Å². The molecule has 0 aliphatic carbocycles. The minimum Gasteiger partial charge on any atom is -0.494 e. The lowest BCUT2D eigenvalue weighted by atomic mass is 10.1. The number of rotatable bonds is 7. The molecule has 2 amide bonds. The maximum atomic E-state index is 13.5. The fourth-order valence-electron chi connectivity index (χ4n) is 2.04. The molecule has 1 unspecified atom stereocenters. The number of hydrogen-bond acceptors (Lipinski definition) is 4. The molecular formula is C19H20FN3O3. The fourth-order valence-corrected chi connectivity index (χ4v) is 2.04. The van der Waals surface area contributed by atoms with E-state index in [1.54, 1.807) is 24.3 Å². The van der Waals surface area contributed by atoms with Gasteiger partial charge in [-0.15, -0.1) is 0 Å². The third-order valence-electron chi connectivity index (χ3n) is 3.48. The molecule has 0 spiro atoms. The summed E-state index contributed by atoms with van der Waals surface area (Å²) in [4.78, 5) is 24.1. The third kappa shape index (κ3) is 5.41. The summed E-state index contributed by atoms with van der Waals surface area (Å²) in [6, 6.07) is 12.9. The summed E-state index contributed by atoms with van der Waals surface area (Å²) in [6.45, 7) is 3.84. The van der Waals surface area contributed by atoms with Crippen LogP contribution in [-0.2, 0) is 9.59 Å². The second-order valence-corrected chi connectivity index (χ2v) is 5.43. The monoisotopic (exact) mass is 357 g/mol. The summed E-state index contributed by atoms with van der Waals surface area (Å²) in [5.74, 6) is -2.14. The Morgan fingerprint density at radius 1 is 1.19 bits per heavy atom. The lowest BCUT2D eigenvalue weighted by Crippen LogP contribution is -2.34. The van der Waals surface area contributed by atoms with E-state index in [-0.39, 0.29) is 5.69 Å².